The number of hydrogen-bond donors (Lipinski definition) is 2. The van der Waals surface area contributed by atoms with Crippen molar-refractivity contribution in [2.75, 3.05) is 50.6 Å². The highest BCUT2D eigenvalue weighted by atomic mass is 16.5. The number of aromatic nitrogens is 1. The lowest BCUT2D eigenvalue weighted by Crippen LogP contribution is -2.32. The number of fused-ring (bicyclic) bond motifs is 1. The lowest BCUT2D eigenvalue weighted by molar-refractivity contribution is 0.120. The number of pyridine rings is 1. The molecule has 7 heteroatoms. The highest BCUT2D eigenvalue weighted by Crippen LogP contribution is 2.32. The maximum absolute atomic E-state index is 9.96. The molecule has 0 aliphatic carbocycles. The Morgan fingerprint density at radius 3 is 2.84 bits per heavy atom. The summed E-state index contributed by atoms with van der Waals surface area (Å²) in [5.41, 5.74) is 4.20. The fraction of sp³-hybridized carbons (Fsp3) is 0.500. The molecule has 164 valence electrons. The number of anilines is 2. The zero-order chi connectivity index (χ0) is 21.5. The van der Waals surface area contributed by atoms with Gasteiger partial charge in [0.25, 0.3) is 0 Å². The van der Waals surface area contributed by atoms with Gasteiger partial charge in [-0.3, -0.25) is 4.90 Å². The van der Waals surface area contributed by atoms with Crippen LogP contribution in [0.1, 0.15) is 35.1 Å². The second kappa shape index (κ2) is 10.6. The van der Waals surface area contributed by atoms with Gasteiger partial charge in [0.05, 0.1) is 18.3 Å². The molecule has 7 nitrogen and oxygen atoms in total. The quantitative estimate of drug-likeness (QED) is 0.602. The Hall–Kier alpha value is -2.66. The van der Waals surface area contributed by atoms with Crippen molar-refractivity contribution in [3.63, 3.8) is 0 Å². The molecule has 0 bridgehead atoms. The van der Waals surface area contributed by atoms with Gasteiger partial charge in [-0.05, 0) is 30.4 Å². The molecule has 2 aromatic rings. The van der Waals surface area contributed by atoms with Crippen molar-refractivity contribution in [2.45, 2.75) is 38.5 Å². The van der Waals surface area contributed by atoms with Crippen molar-refractivity contribution in [3.05, 3.63) is 52.6 Å². The zero-order valence-electron chi connectivity index (χ0n) is 18.2. The van der Waals surface area contributed by atoms with Crippen LogP contribution in [-0.4, -0.2) is 55.9 Å². The Labute approximate surface area is 184 Å². The number of hydrogen-bond acceptors (Lipinski definition) is 7. The fourth-order valence-electron chi connectivity index (χ4n) is 4.35. The number of rotatable bonds is 9. The molecule has 1 aromatic carbocycles. The summed E-state index contributed by atoms with van der Waals surface area (Å²) in [7, 11) is 1.69. The first kappa shape index (κ1) is 21.6. The smallest absolute Gasteiger partial charge is 0.146 e. The van der Waals surface area contributed by atoms with Gasteiger partial charge in [-0.1, -0.05) is 30.3 Å². The third-order valence-corrected chi connectivity index (χ3v) is 5.95. The van der Waals surface area contributed by atoms with Gasteiger partial charge in [-0.2, -0.15) is 5.26 Å². The minimum atomic E-state index is 0.190. The first-order chi connectivity index (χ1) is 15.3. The van der Waals surface area contributed by atoms with Crippen molar-refractivity contribution >= 4 is 11.6 Å². The van der Waals surface area contributed by atoms with E-state index in [0.29, 0.717) is 31.1 Å². The number of benzene rings is 1. The molecular formula is C24H31N5O2. The average Bonchev–Trinajstić information content (AvgIpc) is 3.32. The SMILES string of the molecule is COCCNc1nc(NC[C@@H]2CCCO2)c(C#N)c2c1CN(Cc1ccccc1)CC2. The van der Waals surface area contributed by atoms with E-state index in [0.717, 1.165) is 62.4 Å². The number of nitriles is 1. The van der Waals surface area contributed by atoms with Crippen LogP contribution in [0.3, 0.4) is 0 Å². The van der Waals surface area contributed by atoms with E-state index >= 15 is 0 Å². The summed E-state index contributed by atoms with van der Waals surface area (Å²) in [6.45, 7) is 5.35. The molecule has 2 aliphatic rings. The number of ether oxygens (including phenoxy) is 2. The van der Waals surface area contributed by atoms with E-state index in [2.05, 4.69) is 45.9 Å². The van der Waals surface area contributed by atoms with Crippen LogP contribution in [0, 0.1) is 11.3 Å². The first-order valence-electron chi connectivity index (χ1n) is 11.1. The summed E-state index contributed by atoms with van der Waals surface area (Å²) < 4.78 is 10.9. The Morgan fingerprint density at radius 1 is 1.23 bits per heavy atom. The zero-order valence-corrected chi connectivity index (χ0v) is 18.2. The molecule has 2 aliphatic heterocycles. The standard InChI is InChI=1S/C24H31N5O2/c1-30-13-10-26-24-22-17-29(16-18-6-3-2-4-7-18)11-9-20(22)21(14-25)23(28-24)27-15-19-8-5-12-31-19/h2-4,6-7,19H,5,8-13,15-17H2,1H3,(H2,26,27,28)/t19-/m0/s1. The van der Waals surface area contributed by atoms with E-state index < -0.39 is 0 Å². The monoisotopic (exact) mass is 421 g/mol. The Balaban J connectivity index is 1.58. The van der Waals surface area contributed by atoms with Crippen molar-refractivity contribution in [1.82, 2.24) is 9.88 Å². The Morgan fingerprint density at radius 2 is 2.10 bits per heavy atom. The third-order valence-electron chi connectivity index (χ3n) is 5.95. The van der Waals surface area contributed by atoms with Crippen LogP contribution in [0.25, 0.3) is 0 Å². The van der Waals surface area contributed by atoms with Gasteiger partial charge in [-0.25, -0.2) is 4.98 Å². The van der Waals surface area contributed by atoms with E-state index in [-0.39, 0.29) is 6.10 Å². The third kappa shape index (κ3) is 5.34. The topological polar surface area (TPSA) is 82.4 Å². The molecule has 1 fully saturated rings. The average molecular weight is 422 g/mol. The normalized spacial score (nSPS) is 18.4. The van der Waals surface area contributed by atoms with Crippen molar-refractivity contribution in [3.8, 4) is 6.07 Å². The number of methoxy groups -OCH3 is 1. The Kier molecular flexibility index (Phi) is 7.36. The molecule has 31 heavy (non-hydrogen) atoms. The van der Waals surface area contributed by atoms with E-state index in [9.17, 15) is 5.26 Å². The van der Waals surface area contributed by atoms with Gasteiger partial charge >= 0.3 is 0 Å². The molecule has 0 spiro atoms. The van der Waals surface area contributed by atoms with Gasteiger partial charge in [0.1, 0.15) is 17.7 Å². The lowest BCUT2D eigenvalue weighted by atomic mass is 9.95. The maximum Gasteiger partial charge on any atom is 0.146 e. The molecule has 0 saturated carbocycles. The maximum atomic E-state index is 9.96. The summed E-state index contributed by atoms with van der Waals surface area (Å²) in [5, 5.41) is 16.8. The predicted molar refractivity (Wildman–Crippen MR) is 121 cm³/mol. The molecule has 0 unspecified atom stereocenters. The molecule has 0 amide bonds. The summed E-state index contributed by atoms with van der Waals surface area (Å²) in [6.07, 6.45) is 3.17. The van der Waals surface area contributed by atoms with E-state index in [1.54, 1.807) is 7.11 Å². The largest absolute Gasteiger partial charge is 0.383 e. The lowest BCUT2D eigenvalue weighted by Gasteiger charge is -2.31. The van der Waals surface area contributed by atoms with E-state index in [1.165, 1.54) is 5.56 Å². The summed E-state index contributed by atoms with van der Waals surface area (Å²) >= 11 is 0. The summed E-state index contributed by atoms with van der Waals surface area (Å²) in [6, 6.07) is 12.9. The molecule has 3 heterocycles. The van der Waals surface area contributed by atoms with E-state index in [1.807, 2.05) is 6.07 Å². The predicted octanol–water partition coefficient (Wildman–Crippen LogP) is 3.16. The van der Waals surface area contributed by atoms with Crippen LogP contribution >= 0.6 is 0 Å². The number of nitrogens with one attached hydrogen (secondary N) is 2. The molecule has 1 atom stereocenters. The van der Waals surface area contributed by atoms with Gasteiger partial charge in [0, 0.05) is 52.0 Å². The van der Waals surface area contributed by atoms with Gasteiger partial charge < -0.3 is 20.1 Å². The van der Waals surface area contributed by atoms with Crippen molar-refractivity contribution < 1.29 is 9.47 Å². The molecule has 2 N–H and O–H groups in total. The minimum absolute atomic E-state index is 0.190. The molecular weight excluding hydrogens is 390 g/mol. The molecule has 1 aromatic heterocycles. The van der Waals surface area contributed by atoms with Crippen molar-refractivity contribution in [1.29, 1.82) is 5.26 Å². The molecule has 4 rings (SSSR count). The van der Waals surface area contributed by atoms with Crippen LogP contribution in [0.5, 0.6) is 0 Å². The molecule has 0 radical (unpaired) electrons. The van der Waals surface area contributed by atoms with Gasteiger partial charge in [0.15, 0.2) is 0 Å². The first-order valence-corrected chi connectivity index (χ1v) is 11.1. The number of nitrogens with zero attached hydrogens (tertiary/aromatic N) is 3. The Bertz CT molecular complexity index is 906. The van der Waals surface area contributed by atoms with Crippen LogP contribution in [-0.2, 0) is 29.0 Å². The van der Waals surface area contributed by atoms with Gasteiger partial charge in [0.2, 0.25) is 0 Å². The highest BCUT2D eigenvalue weighted by molar-refractivity contribution is 5.66. The van der Waals surface area contributed by atoms with Crippen LogP contribution in [0.15, 0.2) is 30.3 Å². The highest BCUT2D eigenvalue weighted by Gasteiger charge is 2.26. The minimum Gasteiger partial charge on any atom is -0.383 e. The fourth-order valence-corrected chi connectivity index (χ4v) is 4.35. The van der Waals surface area contributed by atoms with E-state index in [4.69, 9.17) is 14.5 Å². The van der Waals surface area contributed by atoms with Crippen molar-refractivity contribution in [2.24, 2.45) is 0 Å². The summed E-state index contributed by atoms with van der Waals surface area (Å²) in [5.74, 6) is 1.51. The van der Waals surface area contributed by atoms with Crippen LogP contribution in [0.4, 0.5) is 11.6 Å². The van der Waals surface area contributed by atoms with Gasteiger partial charge in [-0.15, -0.1) is 0 Å². The second-order valence-electron chi connectivity index (χ2n) is 8.13. The van der Waals surface area contributed by atoms with Crippen LogP contribution < -0.4 is 10.6 Å². The summed E-state index contributed by atoms with van der Waals surface area (Å²) in [4.78, 5) is 7.27. The second-order valence-corrected chi connectivity index (χ2v) is 8.13. The van der Waals surface area contributed by atoms with Crippen LogP contribution in [0.2, 0.25) is 0 Å². The molecule has 1 saturated heterocycles.